The van der Waals surface area contributed by atoms with Gasteiger partial charge < -0.3 is 4.90 Å². The summed E-state index contributed by atoms with van der Waals surface area (Å²) in [6, 6.07) is 17.4. The van der Waals surface area contributed by atoms with Crippen LogP contribution in [0.4, 0.5) is 5.69 Å². The molecule has 2 aromatic rings. The molecule has 1 heterocycles. The number of benzene rings is 2. The zero-order chi connectivity index (χ0) is 22.8. The maximum absolute atomic E-state index is 13.2. The maximum atomic E-state index is 13.2. The van der Waals surface area contributed by atoms with Crippen LogP contribution < -0.4 is 4.90 Å². The molecule has 1 amide bonds. The van der Waals surface area contributed by atoms with Crippen molar-refractivity contribution in [3.8, 4) is 0 Å². The molecular formula is C30H43NO. The van der Waals surface area contributed by atoms with Crippen molar-refractivity contribution in [1.82, 2.24) is 0 Å². The lowest BCUT2D eigenvalue weighted by Gasteiger charge is -2.26. The van der Waals surface area contributed by atoms with Gasteiger partial charge in [0.05, 0.1) is 0 Å². The predicted molar refractivity (Wildman–Crippen MR) is 137 cm³/mol. The molecule has 1 atom stereocenters. The van der Waals surface area contributed by atoms with E-state index in [0.29, 0.717) is 12.3 Å². The number of fused-ring (bicyclic) bond motifs is 1. The first kappa shape index (κ1) is 24.6. The van der Waals surface area contributed by atoms with Crippen LogP contribution in [0.1, 0.15) is 101 Å². The molecule has 0 aliphatic carbocycles. The van der Waals surface area contributed by atoms with Crippen molar-refractivity contribution in [2.75, 3.05) is 11.4 Å². The fourth-order valence-corrected chi connectivity index (χ4v) is 5.11. The minimum absolute atomic E-state index is 0.0192. The van der Waals surface area contributed by atoms with E-state index in [4.69, 9.17) is 0 Å². The van der Waals surface area contributed by atoms with E-state index in [9.17, 15) is 4.79 Å². The van der Waals surface area contributed by atoms with Crippen LogP contribution in [0.15, 0.2) is 48.5 Å². The second-order valence-electron chi connectivity index (χ2n) is 10.1. The molecule has 0 bridgehead atoms. The van der Waals surface area contributed by atoms with E-state index in [1.54, 1.807) is 0 Å². The number of hydrogen-bond acceptors (Lipinski definition) is 1. The quantitative estimate of drug-likeness (QED) is 0.292. The van der Waals surface area contributed by atoms with Crippen LogP contribution in [0.25, 0.3) is 0 Å². The van der Waals surface area contributed by atoms with Crippen LogP contribution in [-0.4, -0.2) is 12.5 Å². The summed E-state index contributed by atoms with van der Waals surface area (Å²) in [4.78, 5) is 15.3. The highest BCUT2D eigenvalue weighted by molar-refractivity contribution is 5.96. The van der Waals surface area contributed by atoms with Gasteiger partial charge in [0.25, 0.3) is 0 Å². The van der Waals surface area contributed by atoms with E-state index in [0.717, 1.165) is 31.5 Å². The van der Waals surface area contributed by atoms with Gasteiger partial charge in [0.2, 0.25) is 5.91 Å². The van der Waals surface area contributed by atoms with Gasteiger partial charge >= 0.3 is 0 Å². The van der Waals surface area contributed by atoms with Gasteiger partial charge in [0.1, 0.15) is 0 Å². The number of nitrogens with zero attached hydrogens (tertiary/aromatic N) is 1. The molecule has 3 rings (SSSR count). The number of unbranched alkanes of at least 4 members (excludes halogenated alkanes) is 8. The average molecular weight is 434 g/mol. The van der Waals surface area contributed by atoms with Crippen molar-refractivity contribution in [2.45, 2.75) is 103 Å². The maximum Gasteiger partial charge on any atom is 0.227 e. The number of anilines is 1. The lowest BCUT2D eigenvalue weighted by molar-refractivity contribution is -0.118. The number of amides is 1. The van der Waals surface area contributed by atoms with Gasteiger partial charge in [0, 0.05) is 24.1 Å². The molecule has 2 aromatic carbocycles. The lowest BCUT2D eigenvalue weighted by Crippen LogP contribution is -2.35. The summed E-state index contributed by atoms with van der Waals surface area (Å²) < 4.78 is 0. The first-order valence-electron chi connectivity index (χ1n) is 13.0. The molecule has 2 nitrogen and oxygen atoms in total. The largest absolute Gasteiger partial charge is 0.311 e. The monoisotopic (exact) mass is 433 g/mol. The summed E-state index contributed by atoms with van der Waals surface area (Å²) >= 11 is 0. The van der Waals surface area contributed by atoms with Gasteiger partial charge in [-0.2, -0.15) is 0 Å². The highest BCUT2D eigenvalue weighted by Crippen LogP contribution is 2.44. The van der Waals surface area contributed by atoms with Crippen molar-refractivity contribution in [2.24, 2.45) is 0 Å². The van der Waals surface area contributed by atoms with Crippen LogP contribution >= 0.6 is 0 Å². The molecule has 32 heavy (non-hydrogen) atoms. The van der Waals surface area contributed by atoms with Crippen LogP contribution in [0.3, 0.4) is 0 Å². The predicted octanol–water partition coefficient (Wildman–Crippen LogP) is 8.15. The highest BCUT2D eigenvalue weighted by Gasteiger charge is 2.40. The van der Waals surface area contributed by atoms with Crippen molar-refractivity contribution in [3.63, 3.8) is 0 Å². The molecule has 1 unspecified atom stereocenters. The van der Waals surface area contributed by atoms with E-state index < -0.39 is 0 Å². The molecule has 0 radical (unpaired) electrons. The number of carbonyl (C=O) groups is 1. The Balaban J connectivity index is 1.52. The smallest absolute Gasteiger partial charge is 0.227 e. The first-order chi connectivity index (χ1) is 15.5. The van der Waals surface area contributed by atoms with Gasteiger partial charge in [0.15, 0.2) is 0 Å². The SMILES string of the molecule is CCCCCCCCCCCC(=O)N1CC(C)(CCc2ccccc2)c2cc(C)ccc21. The number of hydrogen-bond donors (Lipinski definition) is 0. The van der Waals surface area contributed by atoms with E-state index in [-0.39, 0.29) is 5.41 Å². The third kappa shape index (κ3) is 6.70. The molecule has 0 saturated carbocycles. The van der Waals surface area contributed by atoms with Gasteiger partial charge in [-0.15, -0.1) is 0 Å². The Labute approximate surface area is 196 Å². The molecule has 0 aromatic heterocycles. The Morgan fingerprint density at radius 2 is 1.56 bits per heavy atom. The number of aryl methyl sites for hydroxylation is 2. The Morgan fingerprint density at radius 3 is 2.25 bits per heavy atom. The standard InChI is InChI=1S/C30H43NO/c1-4-5-6-7-8-9-10-11-15-18-29(32)31-24-30(3,22-21-26-16-13-12-14-17-26)27-23-25(2)19-20-28(27)31/h12-14,16-17,19-20,23H,4-11,15,18,21-22,24H2,1-3H3. The minimum Gasteiger partial charge on any atom is -0.311 e. The molecule has 1 aliphatic rings. The Hall–Kier alpha value is -2.09. The topological polar surface area (TPSA) is 20.3 Å². The van der Waals surface area contributed by atoms with Gasteiger partial charge in [-0.3, -0.25) is 4.79 Å². The van der Waals surface area contributed by atoms with Crippen molar-refractivity contribution >= 4 is 11.6 Å². The molecule has 1 aliphatic heterocycles. The molecular weight excluding hydrogens is 390 g/mol. The summed E-state index contributed by atoms with van der Waals surface area (Å²) in [5.41, 5.74) is 5.18. The molecule has 2 heteroatoms. The Bertz CT molecular complexity index is 843. The third-order valence-electron chi connectivity index (χ3n) is 7.20. The van der Waals surface area contributed by atoms with Gasteiger partial charge in [-0.25, -0.2) is 0 Å². The molecule has 0 fully saturated rings. The van der Waals surface area contributed by atoms with E-state index in [1.165, 1.54) is 68.1 Å². The lowest BCUT2D eigenvalue weighted by atomic mass is 9.79. The van der Waals surface area contributed by atoms with Crippen molar-refractivity contribution < 1.29 is 4.79 Å². The fourth-order valence-electron chi connectivity index (χ4n) is 5.11. The molecule has 0 spiro atoms. The first-order valence-corrected chi connectivity index (χ1v) is 13.0. The molecule has 174 valence electrons. The van der Waals surface area contributed by atoms with Crippen LogP contribution in [0, 0.1) is 6.92 Å². The summed E-state index contributed by atoms with van der Waals surface area (Å²) in [6.45, 7) is 7.59. The fraction of sp³-hybridized carbons (Fsp3) is 0.567. The van der Waals surface area contributed by atoms with E-state index in [1.807, 2.05) is 0 Å². The normalized spacial score (nSPS) is 17.5. The second-order valence-corrected chi connectivity index (χ2v) is 10.1. The zero-order valence-corrected chi connectivity index (χ0v) is 20.7. The molecule has 0 N–H and O–H groups in total. The number of rotatable bonds is 13. The van der Waals surface area contributed by atoms with Crippen LogP contribution in [-0.2, 0) is 16.6 Å². The van der Waals surface area contributed by atoms with Crippen molar-refractivity contribution in [1.29, 1.82) is 0 Å². The molecule has 0 saturated heterocycles. The highest BCUT2D eigenvalue weighted by atomic mass is 16.2. The second kappa shape index (κ2) is 12.2. The van der Waals surface area contributed by atoms with E-state index >= 15 is 0 Å². The van der Waals surface area contributed by atoms with Gasteiger partial charge in [-0.1, -0.05) is 113 Å². The minimum atomic E-state index is 0.0192. The van der Waals surface area contributed by atoms with Gasteiger partial charge in [-0.05, 0) is 43.4 Å². The van der Waals surface area contributed by atoms with Crippen LogP contribution in [0.2, 0.25) is 0 Å². The van der Waals surface area contributed by atoms with E-state index in [2.05, 4.69) is 74.2 Å². The van der Waals surface area contributed by atoms with Crippen LogP contribution in [0.5, 0.6) is 0 Å². The summed E-state index contributed by atoms with van der Waals surface area (Å²) in [5, 5.41) is 0. The third-order valence-corrected chi connectivity index (χ3v) is 7.20. The summed E-state index contributed by atoms with van der Waals surface area (Å²) in [7, 11) is 0. The Kier molecular flexibility index (Phi) is 9.38. The summed E-state index contributed by atoms with van der Waals surface area (Å²) in [5.74, 6) is 0.307. The summed E-state index contributed by atoms with van der Waals surface area (Å²) in [6.07, 6.45) is 14.4. The Morgan fingerprint density at radius 1 is 0.906 bits per heavy atom. The average Bonchev–Trinajstić information content (AvgIpc) is 3.09. The number of carbonyl (C=O) groups excluding carboxylic acids is 1. The van der Waals surface area contributed by atoms with Crippen molar-refractivity contribution in [3.05, 3.63) is 65.2 Å². The zero-order valence-electron chi connectivity index (χ0n) is 20.7.